The summed E-state index contributed by atoms with van der Waals surface area (Å²) in [6.07, 6.45) is 4.26. The molecular formula is C9H20N2O2S. The van der Waals surface area contributed by atoms with Gasteiger partial charge in [0, 0.05) is 6.04 Å². The summed E-state index contributed by atoms with van der Waals surface area (Å²) in [6, 6.07) is 0.0682. The maximum atomic E-state index is 11.4. The van der Waals surface area contributed by atoms with Crippen LogP contribution in [0.2, 0.25) is 0 Å². The summed E-state index contributed by atoms with van der Waals surface area (Å²) in [5.41, 5.74) is 5.62. The van der Waals surface area contributed by atoms with E-state index in [0.717, 1.165) is 19.3 Å². The van der Waals surface area contributed by atoms with Crippen molar-refractivity contribution in [1.29, 1.82) is 0 Å². The van der Waals surface area contributed by atoms with Crippen LogP contribution in [-0.4, -0.2) is 26.8 Å². The van der Waals surface area contributed by atoms with Crippen LogP contribution in [0.5, 0.6) is 0 Å². The molecule has 0 aromatic heterocycles. The fourth-order valence-corrected chi connectivity index (χ4v) is 2.90. The number of sulfonamides is 1. The number of hydrogen-bond acceptors (Lipinski definition) is 3. The third-order valence-electron chi connectivity index (χ3n) is 2.92. The first-order chi connectivity index (χ1) is 6.59. The maximum Gasteiger partial charge on any atom is 0.211 e. The van der Waals surface area contributed by atoms with Crippen molar-refractivity contribution in [3.8, 4) is 0 Å². The van der Waals surface area contributed by atoms with E-state index in [4.69, 9.17) is 5.73 Å². The van der Waals surface area contributed by atoms with Crippen LogP contribution in [0.4, 0.5) is 0 Å². The van der Waals surface area contributed by atoms with E-state index in [9.17, 15) is 8.42 Å². The normalized spacial score (nSPS) is 29.0. The van der Waals surface area contributed by atoms with Crippen molar-refractivity contribution in [2.45, 2.75) is 38.6 Å². The molecule has 84 valence electrons. The van der Waals surface area contributed by atoms with Gasteiger partial charge < -0.3 is 5.73 Å². The first kappa shape index (κ1) is 11.9. The highest BCUT2D eigenvalue weighted by molar-refractivity contribution is 7.89. The summed E-state index contributed by atoms with van der Waals surface area (Å²) in [5.74, 6) is 0.478. The molecule has 1 fully saturated rings. The minimum absolute atomic E-state index is 0.0682. The van der Waals surface area contributed by atoms with E-state index in [-0.39, 0.29) is 11.8 Å². The first-order valence-corrected chi connectivity index (χ1v) is 6.94. The zero-order valence-electron chi connectivity index (χ0n) is 8.70. The van der Waals surface area contributed by atoms with Crippen LogP contribution in [0.25, 0.3) is 0 Å². The van der Waals surface area contributed by atoms with Gasteiger partial charge in [0.15, 0.2) is 0 Å². The van der Waals surface area contributed by atoms with Gasteiger partial charge in [-0.15, -0.1) is 0 Å². The van der Waals surface area contributed by atoms with Crippen LogP contribution in [0.3, 0.4) is 0 Å². The molecule has 0 saturated heterocycles. The Morgan fingerprint density at radius 3 is 2.57 bits per heavy atom. The van der Waals surface area contributed by atoms with Gasteiger partial charge in [-0.05, 0) is 32.2 Å². The minimum Gasteiger partial charge on any atom is -0.330 e. The van der Waals surface area contributed by atoms with Crippen LogP contribution < -0.4 is 10.5 Å². The second-order valence-corrected chi connectivity index (χ2v) is 5.95. The average molecular weight is 220 g/mol. The summed E-state index contributed by atoms with van der Waals surface area (Å²) in [6.45, 7) is 2.24. The van der Waals surface area contributed by atoms with E-state index < -0.39 is 10.0 Å². The minimum atomic E-state index is -3.07. The predicted molar refractivity (Wildman–Crippen MR) is 57.4 cm³/mol. The molecule has 0 heterocycles. The van der Waals surface area contributed by atoms with Crippen LogP contribution in [0.15, 0.2) is 0 Å². The van der Waals surface area contributed by atoms with Gasteiger partial charge in [-0.2, -0.15) is 0 Å². The van der Waals surface area contributed by atoms with Gasteiger partial charge in [-0.3, -0.25) is 0 Å². The van der Waals surface area contributed by atoms with Gasteiger partial charge in [-0.25, -0.2) is 13.1 Å². The number of hydrogen-bond donors (Lipinski definition) is 2. The molecule has 0 radical (unpaired) electrons. The van der Waals surface area contributed by atoms with Gasteiger partial charge in [0.25, 0.3) is 0 Å². The molecule has 0 aliphatic heterocycles. The second-order valence-electron chi connectivity index (χ2n) is 3.91. The molecule has 0 bridgehead atoms. The molecule has 0 aromatic carbocycles. The topological polar surface area (TPSA) is 72.2 Å². The SMILES string of the molecule is CCS(=O)(=O)NC1CCCCC1CN. The van der Waals surface area contributed by atoms with E-state index in [1.807, 2.05) is 0 Å². The average Bonchev–Trinajstić information content (AvgIpc) is 2.18. The Morgan fingerprint density at radius 2 is 2.00 bits per heavy atom. The van der Waals surface area contributed by atoms with E-state index in [0.29, 0.717) is 12.5 Å². The van der Waals surface area contributed by atoms with Crippen LogP contribution in [0.1, 0.15) is 32.6 Å². The molecule has 0 aromatic rings. The van der Waals surface area contributed by atoms with E-state index in [1.54, 1.807) is 6.92 Å². The van der Waals surface area contributed by atoms with Gasteiger partial charge in [0.1, 0.15) is 0 Å². The Kier molecular flexibility index (Phi) is 4.34. The largest absolute Gasteiger partial charge is 0.330 e. The lowest BCUT2D eigenvalue weighted by Crippen LogP contribution is -2.45. The third kappa shape index (κ3) is 3.22. The molecule has 1 rings (SSSR count). The Labute approximate surface area is 86.3 Å². The van der Waals surface area contributed by atoms with E-state index in [1.165, 1.54) is 6.42 Å². The Hall–Kier alpha value is -0.130. The van der Waals surface area contributed by atoms with Gasteiger partial charge in [0.2, 0.25) is 10.0 Å². The lowest BCUT2D eigenvalue weighted by Gasteiger charge is -2.30. The standard InChI is InChI=1S/C9H20N2O2S/c1-2-14(12,13)11-9-6-4-3-5-8(9)7-10/h8-9,11H,2-7,10H2,1H3. The first-order valence-electron chi connectivity index (χ1n) is 5.29. The Morgan fingerprint density at radius 1 is 1.36 bits per heavy atom. The maximum absolute atomic E-state index is 11.4. The highest BCUT2D eigenvalue weighted by atomic mass is 32.2. The number of nitrogens with one attached hydrogen (secondary N) is 1. The van der Waals surface area contributed by atoms with Gasteiger partial charge >= 0.3 is 0 Å². The lowest BCUT2D eigenvalue weighted by molar-refractivity contribution is 0.296. The van der Waals surface area contributed by atoms with Crippen LogP contribution in [-0.2, 0) is 10.0 Å². The van der Waals surface area contributed by atoms with Crippen molar-refractivity contribution in [1.82, 2.24) is 4.72 Å². The molecule has 5 heteroatoms. The van der Waals surface area contributed by atoms with Crippen molar-refractivity contribution in [2.24, 2.45) is 11.7 Å². The molecule has 14 heavy (non-hydrogen) atoms. The number of nitrogens with two attached hydrogens (primary N) is 1. The Bertz CT molecular complexity index is 264. The fourth-order valence-electron chi connectivity index (χ4n) is 1.96. The summed E-state index contributed by atoms with van der Waals surface area (Å²) >= 11 is 0. The van der Waals surface area contributed by atoms with E-state index >= 15 is 0 Å². The molecular weight excluding hydrogens is 200 g/mol. The summed E-state index contributed by atoms with van der Waals surface area (Å²) < 4.78 is 25.5. The monoisotopic (exact) mass is 220 g/mol. The number of rotatable bonds is 4. The van der Waals surface area contributed by atoms with Gasteiger partial charge in [-0.1, -0.05) is 12.8 Å². The van der Waals surface area contributed by atoms with E-state index in [2.05, 4.69) is 4.72 Å². The van der Waals surface area contributed by atoms with Crippen molar-refractivity contribution in [3.05, 3.63) is 0 Å². The second kappa shape index (κ2) is 5.09. The van der Waals surface area contributed by atoms with Crippen molar-refractivity contribution in [3.63, 3.8) is 0 Å². The molecule has 0 spiro atoms. The van der Waals surface area contributed by atoms with Crippen LogP contribution in [0, 0.1) is 5.92 Å². The molecule has 0 amide bonds. The summed E-state index contributed by atoms with van der Waals surface area (Å²) in [4.78, 5) is 0. The zero-order chi connectivity index (χ0) is 10.6. The molecule has 1 aliphatic rings. The Balaban J connectivity index is 2.57. The van der Waals surface area contributed by atoms with Crippen molar-refractivity contribution < 1.29 is 8.42 Å². The van der Waals surface area contributed by atoms with Gasteiger partial charge in [0.05, 0.1) is 5.75 Å². The lowest BCUT2D eigenvalue weighted by atomic mass is 9.85. The molecule has 2 atom stereocenters. The smallest absolute Gasteiger partial charge is 0.211 e. The highest BCUT2D eigenvalue weighted by Crippen LogP contribution is 2.23. The summed E-state index contributed by atoms with van der Waals surface area (Å²) in [5, 5.41) is 0. The molecule has 1 saturated carbocycles. The fraction of sp³-hybridized carbons (Fsp3) is 1.00. The highest BCUT2D eigenvalue weighted by Gasteiger charge is 2.26. The summed E-state index contributed by atoms with van der Waals surface area (Å²) in [7, 11) is -3.07. The predicted octanol–water partition coefficient (Wildman–Crippen LogP) is 0.443. The quantitative estimate of drug-likeness (QED) is 0.722. The third-order valence-corrected chi connectivity index (χ3v) is 4.34. The molecule has 3 N–H and O–H groups in total. The van der Waals surface area contributed by atoms with Crippen molar-refractivity contribution >= 4 is 10.0 Å². The zero-order valence-corrected chi connectivity index (χ0v) is 9.52. The molecule has 4 nitrogen and oxygen atoms in total. The van der Waals surface area contributed by atoms with Crippen molar-refractivity contribution in [2.75, 3.05) is 12.3 Å². The molecule has 2 unspecified atom stereocenters. The van der Waals surface area contributed by atoms with Crippen LogP contribution >= 0.6 is 0 Å². The molecule has 1 aliphatic carbocycles.